The smallest absolute Gasteiger partial charge is 0.421 e. The third kappa shape index (κ3) is 3.03. The second kappa shape index (κ2) is 6.67. The van der Waals surface area contributed by atoms with Crippen LogP contribution in [0.3, 0.4) is 0 Å². The molecule has 0 saturated carbocycles. The van der Waals surface area contributed by atoms with E-state index < -0.39 is 12.0 Å². The quantitative estimate of drug-likeness (QED) is 0.704. The molecule has 2 aromatic carbocycles. The fourth-order valence-corrected chi connectivity index (χ4v) is 2.90. The van der Waals surface area contributed by atoms with E-state index in [2.05, 4.69) is 0 Å². The summed E-state index contributed by atoms with van der Waals surface area (Å²) in [6.45, 7) is 1.85. The van der Waals surface area contributed by atoms with Crippen molar-refractivity contribution in [3.8, 4) is 0 Å². The van der Waals surface area contributed by atoms with Gasteiger partial charge in [-0.3, -0.25) is 4.79 Å². The summed E-state index contributed by atoms with van der Waals surface area (Å²) in [5.74, 6) is -0.453. The number of hydrogen-bond acceptors (Lipinski definition) is 3. The average Bonchev–Trinajstić information content (AvgIpc) is 2.79. The van der Waals surface area contributed by atoms with E-state index in [0.29, 0.717) is 26.9 Å². The van der Waals surface area contributed by atoms with Gasteiger partial charge < -0.3 is 4.74 Å². The molecular weight excluding hydrogens is 349 g/mol. The fraction of sp³-hybridized carbons (Fsp3) is 0.111. The minimum Gasteiger partial charge on any atom is -0.449 e. The largest absolute Gasteiger partial charge is 0.449 e. The summed E-state index contributed by atoms with van der Waals surface area (Å²) in [7, 11) is 0. The summed E-state index contributed by atoms with van der Waals surface area (Å²) in [5.41, 5.74) is 2.19. The summed E-state index contributed by atoms with van der Waals surface area (Å²) in [6, 6.07) is 12.1. The van der Waals surface area contributed by atoms with Crippen LogP contribution in [0.2, 0.25) is 10.0 Å². The van der Waals surface area contributed by atoms with Gasteiger partial charge in [-0.05, 0) is 42.8 Å². The van der Waals surface area contributed by atoms with E-state index in [1.807, 2.05) is 6.07 Å². The molecule has 0 aromatic heterocycles. The van der Waals surface area contributed by atoms with Crippen molar-refractivity contribution in [1.29, 1.82) is 0 Å². The first kappa shape index (κ1) is 16.6. The molecule has 2 aromatic rings. The van der Waals surface area contributed by atoms with Crippen LogP contribution < -0.4 is 4.90 Å². The molecule has 0 saturated heterocycles. The molecule has 122 valence electrons. The standard InChI is InChI=1S/C18H13Cl2NO3/c1-2-24-18(23)21-16-10-13(20)6-7-14(16)15(17(21)22)9-11-4-3-5-12(19)8-11/h3-10H,2H2,1H3/b15-9-. The predicted octanol–water partition coefficient (Wildman–Crippen LogP) is 5.04. The van der Waals surface area contributed by atoms with Gasteiger partial charge in [0.05, 0.1) is 17.9 Å². The summed E-state index contributed by atoms with van der Waals surface area (Å²) < 4.78 is 4.99. The van der Waals surface area contributed by atoms with E-state index in [1.165, 1.54) is 0 Å². The van der Waals surface area contributed by atoms with Crippen molar-refractivity contribution in [1.82, 2.24) is 0 Å². The van der Waals surface area contributed by atoms with Crippen molar-refractivity contribution < 1.29 is 14.3 Å². The van der Waals surface area contributed by atoms with Gasteiger partial charge in [-0.15, -0.1) is 0 Å². The monoisotopic (exact) mass is 361 g/mol. The SMILES string of the molecule is CCOC(=O)N1C(=O)/C(=C\c2cccc(Cl)c2)c2ccc(Cl)cc21. The molecule has 4 nitrogen and oxygen atoms in total. The zero-order chi connectivity index (χ0) is 17.3. The first-order valence-electron chi connectivity index (χ1n) is 7.29. The number of nitrogens with zero attached hydrogens (tertiary/aromatic N) is 1. The Hall–Kier alpha value is -2.30. The highest BCUT2D eigenvalue weighted by atomic mass is 35.5. The van der Waals surface area contributed by atoms with Crippen LogP contribution in [0.25, 0.3) is 11.6 Å². The summed E-state index contributed by atoms with van der Waals surface area (Å²) in [6.07, 6.45) is 0.973. The number of ether oxygens (including phenoxy) is 1. The van der Waals surface area contributed by atoms with E-state index in [4.69, 9.17) is 27.9 Å². The minimum atomic E-state index is -0.722. The van der Waals surface area contributed by atoms with Crippen LogP contribution in [0.15, 0.2) is 42.5 Å². The number of anilines is 1. The molecule has 3 rings (SSSR count). The molecule has 24 heavy (non-hydrogen) atoms. The number of benzene rings is 2. The summed E-state index contributed by atoms with van der Waals surface area (Å²) in [5, 5.41) is 0.994. The van der Waals surface area contributed by atoms with Crippen LogP contribution in [0.5, 0.6) is 0 Å². The van der Waals surface area contributed by atoms with E-state index in [1.54, 1.807) is 49.4 Å². The molecule has 0 aliphatic carbocycles. The van der Waals surface area contributed by atoms with E-state index in [9.17, 15) is 9.59 Å². The van der Waals surface area contributed by atoms with E-state index in [0.717, 1.165) is 10.5 Å². The highest BCUT2D eigenvalue weighted by Gasteiger charge is 2.37. The lowest BCUT2D eigenvalue weighted by Crippen LogP contribution is -2.34. The van der Waals surface area contributed by atoms with Crippen LogP contribution in [0, 0.1) is 0 Å². The third-order valence-electron chi connectivity index (χ3n) is 3.53. The Balaban J connectivity index is 2.12. The van der Waals surface area contributed by atoms with Gasteiger partial charge in [0.25, 0.3) is 5.91 Å². The Labute approximate surface area is 149 Å². The molecule has 0 fully saturated rings. The second-order valence-corrected chi connectivity index (χ2v) is 5.99. The maximum absolute atomic E-state index is 12.8. The van der Waals surface area contributed by atoms with Crippen LogP contribution in [0.4, 0.5) is 10.5 Å². The van der Waals surface area contributed by atoms with Crippen LogP contribution in [0.1, 0.15) is 18.1 Å². The van der Waals surface area contributed by atoms with Gasteiger partial charge in [0, 0.05) is 15.6 Å². The van der Waals surface area contributed by atoms with Crippen molar-refractivity contribution >= 4 is 52.5 Å². The molecule has 2 amide bonds. The van der Waals surface area contributed by atoms with Crippen molar-refractivity contribution in [2.75, 3.05) is 11.5 Å². The Morgan fingerprint density at radius 3 is 2.62 bits per heavy atom. The van der Waals surface area contributed by atoms with E-state index >= 15 is 0 Å². The molecular formula is C18H13Cl2NO3. The first-order valence-corrected chi connectivity index (χ1v) is 8.05. The van der Waals surface area contributed by atoms with Gasteiger partial charge in [-0.2, -0.15) is 0 Å². The molecule has 0 spiro atoms. The Kier molecular flexibility index (Phi) is 4.60. The van der Waals surface area contributed by atoms with Crippen LogP contribution >= 0.6 is 23.2 Å². The number of carbonyl (C=O) groups excluding carboxylic acids is 2. The number of hydrogen-bond donors (Lipinski definition) is 0. The Morgan fingerprint density at radius 1 is 1.17 bits per heavy atom. The maximum Gasteiger partial charge on any atom is 0.421 e. The van der Waals surface area contributed by atoms with Crippen molar-refractivity contribution in [2.45, 2.75) is 6.92 Å². The molecule has 0 atom stereocenters. The van der Waals surface area contributed by atoms with Gasteiger partial charge in [0.15, 0.2) is 0 Å². The Morgan fingerprint density at radius 2 is 1.92 bits per heavy atom. The molecule has 6 heteroatoms. The number of amides is 2. The van der Waals surface area contributed by atoms with E-state index in [-0.39, 0.29) is 6.61 Å². The van der Waals surface area contributed by atoms with Crippen LogP contribution in [-0.2, 0) is 9.53 Å². The number of rotatable bonds is 2. The van der Waals surface area contributed by atoms with Crippen LogP contribution in [-0.4, -0.2) is 18.6 Å². The molecule has 0 bridgehead atoms. The fourth-order valence-electron chi connectivity index (χ4n) is 2.53. The summed E-state index contributed by atoms with van der Waals surface area (Å²) in [4.78, 5) is 25.9. The molecule has 1 aliphatic rings. The molecule has 0 N–H and O–H groups in total. The lowest BCUT2D eigenvalue weighted by atomic mass is 10.0. The predicted molar refractivity (Wildman–Crippen MR) is 95.3 cm³/mol. The third-order valence-corrected chi connectivity index (χ3v) is 4.00. The van der Waals surface area contributed by atoms with Crippen molar-refractivity contribution in [3.05, 3.63) is 63.6 Å². The Bertz CT molecular complexity index is 861. The highest BCUT2D eigenvalue weighted by Crippen LogP contribution is 2.39. The van der Waals surface area contributed by atoms with Gasteiger partial charge in [0.1, 0.15) is 0 Å². The number of carbonyl (C=O) groups is 2. The van der Waals surface area contributed by atoms with Gasteiger partial charge in [-0.25, -0.2) is 9.69 Å². The number of halogens is 2. The van der Waals surface area contributed by atoms with Gasteiger partial charge >= 0.3 is 6.09 Å². The summed E-state index contributed by atoms with van der Waals surface area (Å²) >= 11 is 12.0. The lowest BCUT2D eigenvalue weighted by molar-refractivity contribution is -0.112. The molecule has 0 unspecified atom stereocenters. The molecule has 0 radical (unpaired) electrons. The maximum atomic E-state index is 12.8. The molecule has 1 aliphatic heterocycles. The molecule has 1 heterocycles. The van der Waals surface area contributed by atoms with Crippen molar-refractivity contribution in [3.63, 3.8) is 0 Å². The first-order chi connectivity index (χ1) is 11.5. The van der Waals surface area contributed by atoms with Gasteiger partial charge in [0.2, 0.25) is 0 Å². The normalized spacial score (nSPS) is 14.9. The highest BCUT2D eigenvalue weighted by molar-refractivity contribution is 6.42. The van der Waals surface area contributed by atoms with Gasteiger partial charge in [-0.1, -0.05) is 41.4 Å². The zero-order valence-corrected chi connectivity index (χ0v) is 14.3. The lowest BCUT2D eigenvalue weighted by Gasteiger charge is -2.14. The second-order valence-electron chi connectivity index (χ2n) is 5.11. The zero-order valence-electron chi connectivity index (χ0n) is 12.8. The minimum absolute atomic E-state index is 0.172. The topological polar surface area (TPSA) is 46.6 Å². The number of fused-ring (bicyclic) bond motifs is 1. The number of imide groups is 1. The average molecular weight is 362 g/mol. The van der Waals surface area contributed by atoms with Crippen molar-refractivity contribution in [2.24, 2.45) is 0 Å².